The van der Waals surface area contributed by atoms with Gasteiger partial charge in [-0.1, -0.05) is 19.1 Å². The summed E-state index contributed by atoms with van der Waals surface area (Å²) in [5.41, 5.74) is 2.41. The van der Waals surface area contributed by atoms with E-state index in [4.69, 9.17) is 9.72 Å². The molecule has 0 amide bonds. The SMILES string of the molecule is CCCNC(C)c1csc(Cc2ccc(OC)cc2)n1. The highest BCUT2D eigenvalue weighted by atomic mass is 32.1. The average Bonchev–Trinajstić information content (AvgIpc) is 2.94. The Balaban J connectivity index is 1.97. The number of methoxy groups -OCH3 is 1. The van der Waals surface area contributed by atoms with Crippen LogP contribution in [0, 0.1) is 0 Å². The zero-order valence-electron chi connectivity index (χ0n) is 12.3. The molecule has 0 radical (unpaired) electrons. The van der Waals surface area contributed by atoms with Gasteiger partial charge in [-0.25, -0.2) is 4.98 Å². The lowest BCUT2D eigenvalue weighted by atomic mass is 10.1. The summed E-state index contributed by atoms with van der Waals surface area (Å²) in [6, 6.07) is 8.51. The maximum absolute atomic E-state index is 5.17. The molecule has 1 heterocycles. The molecular formula is C16H22N2OS. The Morgan fingerprint density at radius 2 is 2.05 bits per heavy atom. The third-order valence-electron chi connectivity index (χ3n) is 3.23. The van der Waals surface area contributed by atoms with E-state index in [0.29, 0.717) is 6.04 Å². The highest BCUT2D eigenvalue weighted by Crippen LogP contribution is 2.20. The first kappa shape index (κ1) is 15.0. The number of rotatable bonds is 7. The van der Waals surface area contributed by atoms with Crippen LogP contribution in [0.25, 0.3) is 0 Å². The Labute approximate surface area is 125 Å². The van der Waals surface area contributed by atoms with Crippen LogP contribution >= 0.6 is 11.3 Å². The number of ether oxygens (including phenoxy) is 1. The highest BCUT2D eigenvalue weighted by Gasteiger charge is 2.09. The molecule has 0 spiro atoms. The summed E-state index contributed by atoms with van der Waals surface area (Å²) < 4.78 is 5.17. The van der Waals surface area contributed by atoms with Gasteiger partial charge in [0.25, 0.3) is 0 Å². The normalized spacial score (nSPS) is 12.3. The van der Waals surface area contributed by atoms with Crippen molar-refractivity contribution in [2.45, 2.75) is 32.7 Å². The van der Waals surface area contributed by atoms with Gasteiger partial charge in [-0.2, -0.15) is 0 Å². The largest absolute Gasteiger partial charge is 0.497 e. The van der Waals surface area contributed by atoms with Crippen LogP contribution in [0.2, 0.25) is 0 Å². The third-order valence-corrected chi connectivity index (χ3v) is 4.10. The fourth-order valence-corrected chi connectivity index (χ4v) is 2.91. The lowest BCUT2D eigenvalue weighted by Crippen LogP contribution is -2.19. The van der Waals surface area contributed by atoms with Crippen LogP contribution in [0.3, 0.4) is 0 Å². The smallest absolute Gasteiger partial charge is 0.118 e. The average molecular weight is 290 g/mol. The predicted octanol–water partition coefficient (Wildman–Crippen LogP) is 3.80. The van der Waals surface area contributed by atoms with Crippen molar-refractivity contribution >= 4 is 11.3 Å². The Hall–Kier alpha value is -1.39. The Morgan fingerprint density at radius 1 is 1.30 bits per heavy atom. The van der Waals surface area contributed by atoms with E-state index in [2.05, 4.69) is 36.7 Å². The molecule has 1 N–H and O–H groups in total. The summed E-state index contributed by atoms with van der Waals surface area (Å²) >= 11 is 1.73. The van der Waals surface area contributed by atoms with Gasteiger partial charge in [0.15, 0.2) is 0 Å². The van der Waals surface area contributed by atoms with E-state index >= 15 is 0 Å². The molecule has 4 heteroatoms. The first-order valence-electron chi connectivity index (χ1n) is 7.03. The zero-order chi connectivity index (χ0) is 14.4. The van der Waals surface area contributed by atoms with Gasteiger partial charge in [0.05, 0.1) is 17.8 Å². The molecule has 0 aliphatic carbocycles. The van der Waals surface area contributed by atoms with Gasteiger partial charge in [0.1, 0.15) is 5.75 Å². The van der Waals surface area contributed by atoms with E-state index in [1.165, 1.54) is 5.56 Å². The molecule has 1 aromatic carbocycles. The minimum atomic E-state index is 0.329. The molecule has 0 bridgehead atoms. The number of thiazole rings is 1. The summed E-state index contributed by atoms with van der Waals surface area (Å²) in [6.07, 6.45) is 2.03. The minimum Gasteiger partial charge on any atom is -0.497 e. The molecular weight excluding hydrogens is 268 g/mol. The maximum atomic E-state index is 5.17. The topological polar surface area (TPSA) is 34.1 Å². The van der Waals surface area contributed by atoms with Crippen molar-refractivity contribution in [3.8, 4) is 5.75 Å². The third kappa shape index (κ3) is 4.05. The first-order valence-corrected chi connectivity index (χ1v) is 7.91. The monoisotopic (exact) mass is 290 g/mol. The number of aromatic nitrogens is 1. The Morgan fingerprint density at radius 3 is 2.70 bits per heavy atom. The number of nitrogens with one attached hydrogen (secondary N) is 1. The molecule has 20 heavy (non-hydrogen) atoms. The molecule has 108 valence electrons. The molecule has 0 saturated carbocycles. The number of nitrogens with zero attached hydrogens (tertiary/aromatic N) is 1. The summed E-state index contributed by atoms with van der Waals surface area (Å²) in [5, 5.41) is 6.79. The van der Waals surface area contributed by atoms with Crippen molar-refractivity contribution in [3.63, 3.8) is 0 Å². The van der Waals surface area contributed by atoms with Crippen LogP contribution < -0.4 is 10.1 Å². The summed E-state index contributed by atoms with van der Waals surface area (Å²) in [7, 11) is 1.69. The number of hydrogen-bond acceptors (Lipinski definition) is 4. The highest BCUT2D eigenvalue weighted by molar-refractivity contribution is 7.09. The number of benzene rings is 1. The van der Waals surface area contributed by atoms with Gasteiger partial charge in [0.2, 0.25) is 0 Å². The van der Waals surface area contributed by atoms with Crippen LogP contribution in [0.5, 0.6) is 5.75 Å². The molecule has 0 saturated heterocycles. The van der Waals surface area contributed by atoms with E-state index in [1.54, 1.807) is 18.4 Å². The fourth-order valence-electron chi connectivity index (χ4n) is 1.99. The molecule has 0 fully saturated rings. The van der Waals surface area contributed by atoms with Crippen LogP contribution in [0.4, 0.5) is 0 Å². The van der Waals surface area contributed by atoms with Crippen molar-refractivity contribution in [2.75, 3.05) is 13.7 Å². The fraction of sp³-hybridized carbons (Fsp3) is 0.438. The van der Waals surface area contributed by atoms with Gasteiger partial charge in [-0.15, -0.1) is 11.3 Å². The minimum absolute atomic E-state index is 0.329. The Kier molecular flexibility index (Phi) is 5.56. The van der Waals surface area contributed by atoms with Gasteiger partial charge < -0.3 is 10.1 Å². The van der Waals surface area contributed by atoms with Crippen molar-refractivity contribution in [2.24, 2.45) is 0 Å². The van der Waals surface area contributed by atoms with Crippen molar-refractivity contribution < 1.29 is 4.74 Å². The summed E-state index contributed by atoms with van der Waals surface area (Å²) in [6.45, 7) is 5.38. The molecule has 0 aliphatic heterocycles. The van der Waals surface area contributed by atoms with Gasteiger partial charge in [-0.3, -0.25) is 0 Å². The lowest BCUT2D eigenvalue weighted by molar-refractivity contribution is 0.414. The second-order valence-corrected chi connectivity index (χ2v) is 5.81. The second-order valence-electron chi connectivity index (χ2n) is 4.87. The van der Waals surface area contributed by atoms with Crippen LogP contribution in [-0.4, -0.2) is 18.6 Å². The van der Waals surface area contributed by atoms with E-state index in [9.17, 15) is 0 Å². The standard InChI is InChI=1S/C16H22N2OS/c1-4-9-17-12(2)15-11-20-16(18-15)10-13-5-7-14(19-3)8-6-13/h5-8,11-12,17H,4,9-10H2,1-3H3. The maximum Gasteiger partial charge on any atom is 0.118 e. The quantitative estimate of drug-likeness (QED) is 0.842. The van der Waals surface area contributed by atoms with Crippen molar-refractivity contribution in [1.82, 2.24) is 10.3 Å². The molecule has 1 atom stereocenters. The lowest BCUT2D eigenvalue weighted by Gasteiger charge is -2.09. The molecule has 0 aliphatic rings. The van der Waals surface area contributed by atoms with Gasteiger partial charge >= 0.3 is 0 Å². The zero-order valence-corrected chi connectivity index (χ0v) is 13.2. The molecule has 2 aromatic rings. The van der Waals surface area contributed by atoms with Crippen molar-refractivity contribution in [1.29, 1.82) is 0 Å². The summed E-state index contributed by atoms with van der Waals surface area (Å²) in [4.78, 5) is 4.73. The first-order chi connectivity index (χ1) is 9.72. The van der Waals surface area contributed by atoms with Crippen LogP contribution in [0.1, 0.15) is 42.6 Å². The Bertz CT molecular complexity index is 522. The second kappa shape index (κ2) is 7.41. The molecule has 1 aromatic heterocycles. The number of hydrogen-bond donors (Lipinski definition) is 1. The van der Waals surface area contributed by atoms with E-state index < -0.39 is 0 Å². The predicted molar refractivity (Wildman–Crippen MR) is 84.6 cm³/mol. The van der Waals surface area contributed by atoms with Crippen LogP contribution in [-0.2, 0) is 6.42 Å². The molecule has 3 nitrogen and oxygen atoms in total. The van der Waals surface area contributed by atoms with E-state index in [1.807, 2.05) is 12.1 Å². The van der Waals surface area contributed by atoms with Gasteiger partial charge in [-0.05, 0) is 37.6 Å². The van der Waals surface area contributed by atoms with E-state index in [0.717, 1.165) is 35.8 Å². The summed E-state index contributed by atoms with van der Waals surface area (Å²) in [5.74, 6) is 0.894. The van der Waals surface area contributed by atoms with E-state index in [-0.39, 0.29) is 0 Å². The van der Waals surface area contributed by atoms with Crippen LogP contribution in [0.15, 0.2) is 29.6 Å². The molecule has 1 unspecified atom stereocenters. The van der Waals surface area contributed by atoms with Gasteiger partial charge in [0, 0.05) is 17.8 Å². The van der Waals surface area contributed by atoms with Crippen molar-refractivity contribution in [3.05, 3.63) is 45.9 Å². The molecule has 2 rings (SSSR count).